The second-order valence-electron chi connectivity index (χ2n) is 7.61. The number of nitrogens with one attached hydrogen (secondary N) is 1. The zero-order valence-electron chi connectivity index (χ0n) is 14.5. The van der Waals surface area contributed by atoms with Gasteiger partial charge in [0.2, 0.25) is 0 Å². The molecule has 0 saturated carbocycles. The second-order valence-corrected chi connectivity index (χ2v) is 7.61. The molecule has 1 aromatic rings. The summed E-state index contributed by atoms with van der Waals surface area (Å²) in [5.74, 6) is 0.887. The Balaban J connectivity index is 1.77. The fraction of sp³-hybridized carbons (Fsp3) is 0.632. The summed E-state index contributed by atoms with van der Waals surface area (Å²) in [5.41, 5.74) is 2.13. The van der Waals surface area contributed by atoms with Crippen molar-refractivity contribution in [3.63, 3.8) is 0 Å². The maximum atomic E-state index is 12.2. The van der Waals surface area contributed by atoms with Crippen molar-refractivity contribution in [2.75, 3.05) is 26.2 Å². The third-order valence-corrected chi connectivity index (χ3v) is 4.60. The summed E-state index contributed by atoms with van der Waals surface area (Å²) >= 11 is 0. The minimum atomic E-state index is 0.0332. The molecule has 1 N–H and O–H groups in total. The zero-order valence-corrected chi connectivity index (χ0v) is 14.5. The smallest absolute Gasteiger partial charge is 0.251 e. The molecule has 122 valence electrons. The summed E-state index contributed by atoms with van der Waals surface area (Å²) in [6.45, 7) is 12.9. The molecule has 1 amide bonds. The van der Waals surface area contributed by atoms with Crippen LogP contribution in [-0.2, 0) is 5.41 Å². The number of piperidine rings is 1. The highest BCUT2D eigenvalue weighted by Crippen LogP contribution is 2.22. The maximum absolute atomic E-state index is 12.2. The van der Waals surface area contributed by atoms with Gasteiger partial charge in [0.25, 0.3) is 5.91 Å². The summed E-state index contributed by atoms with van der Waals surface area (Å²) in [5, 5.41) is 3.04. The van der Waals surface area contributed by atoms with E-state index in [1.165, 1.54) is 18.4 Å². The normalized spacial score (nSPS) is 17.5. The SMILES string of the molecule is CC1CCN(CCNC(=O)c2ccc(C(C)(C)C)cc2)CC1. The molecule has 3 heteroatoms. The molecule has 1 aliphatic rings. The molecule has 0 aromatic heterocycles. The number of carbonyl (C=O) groups is 1. The topological polar surface area (TPSA) is 32.3 Å². The van der Waals surface area contributed by atoms with Crippen LogP contribution in [-0.4, -0.2) is 37.0 Å². The van der Waals surface area contributed by atoms with E-state index in [2.05, 4.69) is 50.0 Å². The number of likely N-dealkylation sites (tertiary alicyclic amines) is 1. The van der Waals surface area contributed by atoms with Gasteiger partial charge in [0, 0.05) is 18.7 Å². The van der Waals surface area contributed by atoms with Crippen LogP contribution in [0.2, 0.25) is 0 Å². The Morgan fingerprint density at radius 2 is 1.77 bits per heavy atom. The van der Waals surface area contributed by atoms with Gasteiger partial charge in [0.1, 0.15) is 0 Å². The summed E-state index contributed by atoms with van der Waals surface area (Å²) in [7, 11) is 0. The van der Waals surface area contributed by atoms with Gasteiger partial charge >= 0.3 is 0 Å². The highest BCUT2D eigenvalue weighted by Gasteiger charge is 2.16. The molecule has 22 heavy (non-hydrogen) atoms. The maximum Gasteiger partial charge on any atom is 0.251 e. The highest BCUT2D eigenvalue weighted by atomic mass is 16.1. The Kier molecular flexibility index (Phi) is 5.63. The summed E-state index contributed by atoms with van der Waals surface area (Å²) in [6.07, 6.45) is 2.56. The fourth-order valence-electron chi connectivity index (χ4n) is 2.84. The highest BCUT2D eigenvalue weighted by molar-refractivity contribution is 5.94. The molecule has 3 nitrogen and oxygen atoms in total. The Morgan fingerprint density at radius 1 is 1.18 bits per heavy atom. The number of rotatable bonds is 4. The largest absolute Gasteiger partial charge is 0.351 e. The van der Waals surface area contributed by atoms with Crippen molar-refractivity contribution in [2.45, 2.75) is 46.0 Å². The molecule has 1 aliphatic heterocycles. The monoisotopic (exact) mass is 302 g/mol. The van der Waals surface area contributed by atoms with Crippen molar-refractivity contribution in [1.82, 2.24) is 10.2 Å². The molecule has 0 unspecified atom stereocenters. The van der Waals surface area contributed by atoms with Crippen LogP contribution < -0.4 is 5.32 Å². The quantitative estimate of drug-likeness (QED) is 0.924. The number of hydrogen-bond donors (Lipinski definition) is 1. The molecular weight excluding hydrogens is 272 g/mol. The summed E-state index contributed by atoms with van der Waals surface area (Å²) in [6, 6.07) is 7.97. The van der Waals surface area contributed by atoms with Crippen LogP contribution in [0.15, 0.2) is 24.3 Å². The molecular formula is C19H30N2O. The first-order valence-corrected chi connectivity index (χ1v) is 8.47. The van der Waals surface area contributed by atoms with E-state index in [1.807, 2.05) is 12.1 Å². The molecule has 0 aliphatic carbocycles. The van der Waals surface area contributed by atoms with Crippen LogP contribution in [0.3, 0.4) is 0 Å². The number of hydrogen-bond acceptors (Lipinski definition) is 2. The first-order chi connectivity index (χ1) is 10.4. The lowest BCUT2D eigenvalue weighted by Crippen LogP contribution is -2.39. The molecule has 1 fully saturated rings. The molecule has 0 bridgehead atoms. The summed E-state index contributed by atoms with van der Waals surface area (Å²) < 4.78 is 0. The molecule has 0 radical (unpaired) electrons. The molecule has 1 saturated heterocycles. The van der Waals surface area contributed by atoms with E-state index in [0.29, 0.717) is 0 Å². The molecule has 0 atom stereocenters. The van der Waals surface area contributed by atoms with Gasteiger partial charge < -0.3 is 10.2 Å². The van der Waals surface area contributed by atoms with Gasteiger partial charge in [0.05, 0.1) is 0 Å². The predicted molar refractivity (Wildman–Crippen MR) is 92.3 cm³/mol. The van der Waals surface area contributed by atoms with Gasteiger partial charge in [-0.3, -0.25) is 4.79 Å². The van der Waals surface area contributed by atoms with E-state index in [0.717, 1.165) is 37.7 Å². The lowest BCUT2D eigenvalue weighted by Gasteiger charge is -2.30. The number of amides is 1. The van der Waals surface area contributed by atoms with E-state index in [-0.39, 0.29) is 11.3 Å². The third-order valence-electron chi connectivity index (χ3n) is 4.60. The minimum Gasteiger partial charge on any atom is -0.351 e. The second kappa shape index (κ2) is 7.28. The zero-order chi connectivity index (χ0) is 16.2. The van der Waals surface area contributed by atoms with Gasteiger partial charge in [-0.1, -0.05) is 39.8 Å². The van der Waals surface area contributed by atoms with Crippen molar-refractivity contribution in [3.8, 4) is 0 Å². The minimum absolute atomic E-state index is 0.0332. The first kappa shape index (κ1) is 17.0. The van der Waals surface area contributed by atoms with Crippen molar-refractivity contribution < 1.29 is 4.79 Å². The first-order valence-electron chi connectivity index (χ1n) is 8.47. The van der Waals surface area contributed by atoms with Crippen molar-refractivity contribution in [1.29, 1.82) is 0 Å². The molecule has 1 heterocycles. The van der Waals surface area contributed by atoms with Crippen LogP contribution in [0.25, 0.3) is 0 Å². The van der Waals surface area contributed by atoms with E-state index in [1.54, 1.807) is 0 Å². The average Bonchev–Trinajstić information content (AvgIpc) is 2.48. The summed E-state index contributed by atoms with van der Waals surface area (Å²) in [4.78, 5) is 14.6. The molecule has 2 rings (SSSR count). The fourth-order valence-corrected chi connectivity index (χ4v) is 2.84. The molecule has 0 spiro atoms. The Labute approximate surface area is 135 Å². The standard InChI is InChI=1S/C19H30N2O/c1-15-9-12-21(13-10-15)14-11-20-18(22)16-5-7-17(8-6-16)19(2,3)4/h5-8,15H,9-14H2,1-4H3,(H,20,22). The number of nitrogens with zero attached hydrogens (tertiary/aromatic N) is 1. The van der Waals surface area contributed by atoms with E-state index >= 15 is 0 Å². The van der Waals surface area contributed by atoms with Crippen molar-refractivity contribution >= 4 is 5.91 Å². The van der Waals surface area contributed by atoms with Gasteiger partial charge in [-0.05, 0) is 55.0 Å². The lowest BCUT2D eigenvalue weighted by molar-refractivity contribution is 0.0944. The number of carbonyl (C=O) groups excluding carboxylic acids is 1. The van der Waals surface area contributed by atoms with Crippen LogP contribution in [0, 0.1) is 5.92 Å². The van der Waals surface area contributed by atoms with Gasteiger partial charge in [-0.25, -0.2) is 0 Å². The predicted octanol–water partition coefficient (Wildman–Crippen LogP) is 3.45. The van der Waals surface area contributed by atoms with E-state index in [4.69, 9.17) is 0 Å². The molecule has 1 aromatic carbocycles. The number of benzene rings is 1. The van der Waals surface area contributed by atoms with Crippen LogP contribution in [0.1, 0.15) is 56.5 Å². The van der Waals surface area contributed by atoms with Gasteiger partial charge in [-0.2, -0.15) is 0 Å². The van der Waals surface area contributed by atoms with Crippen LogP contribution in [0.5, 0.6) is 0 Å². The Morgan fingerprint density at radius 3 is 2.32 bits per heavy atom. The third kappa shape index (κ3) is 4.84. The van der Waals surface area contributed by atoms with Crippen molar-refractivity contribution in [3.05, 3.63) is 35.4 Å². The van der Waals surface area contributed by atoms with Crippen LogP contribution in [0.4, 0.5) is 0 Å². The van der Waals surface area contributed by atoms with Crippen molar-refractivity contribution in [2.24, 2.45) is 5.92 Å². The lowest BCUT2D eigenvalue weighted by atomic mass is 9.87. The average molecular weight is 302 g/mol. The van der Waals surface area contributed by atoms with Crippen LogP contribution >= 0.6 is 0 Å². The van der Waals surface area contributed by atoms with Gasteiger partial charge in [-0.15, -0.1) is 0 Å². The Hall–Kier alpha value is -1.35. The van der Waals surface area contributed by atoms with E-state index in [9.17, 15) is 4.79 Å². The van der Waals surface area contributed by atoms with E-state index < -0.39 is 0 Å². The van der Waals surface area contributed by atoms with Gasteiger partial charge in [0.15, 0.2) is 0 Å². The Bertz CT molecular complexity index is 479.